The molecule has 0 aromatic heterocycles. The van der Waals surface area contributed by atoms with Gasteiger partial charge < -0.3 is 20.1 Å². The van der Waals surface area contributed by atoms with Crippen molar-refractivity contribution in [3.05, 3.63) is 24.3 Å². The third kappa shape index (κ3) is 3.87. The number of nitrogens with two attached hydrogens (primary N) is 1. The minimum atomic E-state index is -0.290. The molecular weight excluding hydrogens is 322 g/mol. The molecule has 0 spiro atoms. The van der Waals surface area contributed by atoms with Gasteiger partial charge in [0.2, 0.25) is 11.8 Å². The fourth-order valence-electron chi connectivity index (χ4n) is 3.39. The summed E-state index contributed by atoms with van der Waals surface area (Å²) >= 11 is 0. The summed E-state index contributed by atoms with van der Waals surface area (Å²) in [5, 5.41) is 0. The minimum absolute atomic E-state index is 0.00702. The number of para-hydroxylation sites is 2. The average Bonchev–Trinajstić information content (AvgIpc) is 3.10. The number of hydrogen-bond donors (Lipinski definition) is 1. The van der Waals surface area contributed by atoms with Gasteiger partial charge in [-0.15, -0.1) is 0 Å². The van der Waals surface area contributed by atoms with Crippen LogP contribution in [0.2, 0.25) is 0 Å². The van der Waals surface area contributed by atoms with E-state index in [0.717, 1.165) is 5.75 Å². The first kappa shape index (κ1) is 17.5. The van der Waals surface area contributed by atoms with Crippen molar-refractivity contribution >= 4 is 11.8 Å². The zero-order valence-corrected chi connectivity index (χ0v) is 14.7. The number of carbonyl (C=O) groups is 2. The van der Waals surface area contributed by atoms with Crippen molar-refractivity contribution in [1.82, 2.24) is 9.80 Å². The number of fused-ring (bicyclic) bond motifs is 1. The number of hydrogen-bond acceptors (Lipinski definition) is 5. The summed E-state index contributed by atoms with van der Waals surface area (Å²) in [7, 11) is 1.77. The molecule has 0 radical (unpaired) electrons. The van der Waals surface area contributed by atoms with Crippen molar-refractivity contribution in [3.8, 4) is 11.5 Å². The first-order valence-corrected chi connectivity index (χ1v) is 8.62. The van der Waals surface area contributed by atoms with Crippen LogP contribution in [0, 0.1) is 5.92 Å². The van der Waals surface area contributed by atoms with E-state index in [-0.39, 0.29) is 29.9 Å². The third-order valence-electron chi connectivity index (χ3n) is 4.95. The van der Waals surface area contributed by atoms with Crippen LogP contribution >= 0.6 is 0 Å². The van der Waals surface area contributed by atoms with Crippen LogP contribution in [0.15, 0.2) is 24.3 Å². The predicted molar refractivity (Wildman–Crippen MR) is 92.3 cm³/mol. The SMILES string of the molecule is C[C@H](C(=O)N(C)C[C@H]1COc2ccccc2O1)N1CC[C@@H](C(N)=O)C1. The monoisotopic (exact) mass is 347 g/mol. The molecule has 7 nitrogen and oxygen atoms in total. The lowest BCUT2D eigenvalue weighted by Crippen LogP contribution is -2.49. The van der Waals surface area contributed by atoms with Gasteiger partial charge in [0.15, 0.2) is 17.6 Å². The van der Waals surface area contributed by atoms with Crippen LogP contribution in [0.1, 0.15) is 13.3 Å². The molecule has 1 aromatic rings. The Balaban J connectivity index is 1.54. The van der Waals surface area contributed by atoms with Crippen LogP contribution in [-0.2, 0) is 9.59 Å². The second kappa shape index (κ2) is 7.31. The van der Waals surface area contributed by atoms with Gasteiger partial charge in [0.05, 0.1) is 18.5 Å². The average molecular weight is 347 g/mol. The second-order valence-corrected chi connectivity index (χ2v) is 6.78. The standard InChI is InChI=1S/C18H25N3O4/c1-12(21-8-7-13(9-21)17(19)22)18(23)20(2)10-14-11-24-15-5-3-4-6-16(15)25-14/h3-6,12-14H,7-11H2,1-2H3,(H2,19,22)/t12-,13-,14+/m1/s1. The Morgan fingerprint density at radius 2 is 2.08 bits per heavy atom. The van der Waals surface area contributed by atoms with E-state index in [1.54, 1.807) is 11.9 Å². The number of likely N-dealkylation sites (N-methyl/N-ethyl adjacent to an activating group) is 1. The van der Waals surface area contributed by atoms with Crippen LogP contribution in [0.25, 0.3) is 0 Å². The van der Waals surface area contributed by atoms with Gasteiger partial charge in [-0.05, 0) is 32.0 Å². The van der Waals surface area contributed by atoms with Crippen LogP contribution in [0.4, 0.5) is 0 Å². The Bertz CT molecular complexity index is 651. The predicted octanol–water partition coefficient (Wildman–Crippen LogP) is 0.481. The number of primary amides is 1. The molecule has 1 fully saturated rings. The van der Waals surface area contributed by atoms with Crippen LogP contribution in [-0.4, -0.2) is 67.0 Å². The van der Waals surface area contributed by atoms with E-state index in [9.17, 15) is 9.59 Å². The first-order chi connectivity index (χ1) is 12.0. The van der Waals surface area contributed by atoms with E-state index in [0.29, 0.717) is 38.4 Å². The first-order valence-electron chi connectivity index (χ1n) is 8.62. The van der Waals surface area contributed by atoms with Gasteiger partial charge >= 0.3 is 0 Å². The van der Waals surface area contributed by atoms with Gasteiger partial charge in [0, 0.05) is 13.6 Å². The molecule has 7 heteroatoms. The second-order valence-electron chi connectivity index (χ2n) is 6.78. The molecule has 2 heterocycles. The normalized spacial score (nSPS) is 23.9. The molecule has 3 rings (SSSR count). The van der Waals surface area contributed by atoms with Crippen molar-refractivity contribution in [2.75, 3.05) is 33.3 Å². The van der Waals surface area contributed by atoms with E-state index in [4.69, 9.17) is 15.2 Å². The van der Waals surface area contributed by atoms with E-state index in [1.807, 2.05) is 36.1 Å². The van der Waals surface area contributed by atoms with Crippen molar-refractivity contribution in [1.29, 1.82) is 0 Å². The molecule has 1 saturated heterocycles. The maximum atomic E-state index is 12.7. The molecule has 0 saturated carbocycles. The lowest BCUT2D eigenvalue weighted by Gasteiger charge is -2.32. The van der Waals surface area contributed by atoms with Crippen molar-refractivity contribution in [2.45, 2.75) is 25.5 Å². The van der Waals surface area contributed by atoms with Crippen LogP contribution in [0.5, 0.6) is 11.5 Å². The largest absolute Gasteiger partial charge is 0.486 e. The van der Waals surface area contributed by atoms with E-state index >= 15 is 0 Å². The number of nitrogens with zero attached hydrogens (tertiary/aromatic N) is 2. The van der Waals surface area contributed by atoms with E-state index < -0.39 is 0 Å². The van der Waals surface area contributed by atoms with Crippen LogP contribution < -0.4 is 15.2 Å². The molecule has 0 bridgehead atoms. The summed E-state index contributed by atoms with van der Waals surface area (Å²) in [5.41, 5.74) is 5.37. The third-order valence-corrected chi connectivity index (χ3v) is 4.95. The molecule has 2 N–H and O–H groups in total. The zero-order chi connectivity index (χ0) is 18.0. The maximum Gasteiger partial charge on any atom is 0.239 e. The fourth-order valence-corrected chi connectivity index (χ4v) is 3.39. The highest BCUT2D eigenvalue weighted by Crippen LogP contribution is 2.31. The van der Waals surface area contributed by atoms with Crippen LogP contribution in [0.3, 0.4) is 0 Å². The molecule has 2 amide bonds. The smallest absolute Gasteiger partial charge is 0.239 e. The van der Waals surface area contributed by atoms with Gasteiger partial charge in [0.25, 0.3) is 0 Å². The number of amides is 2. The van der Waals surface area contributed by atoms with Gasteiger partial charge in [-0.3, -0.25) is 14.5 Å². The van der Waals surface area contributed by atoms with Crippen molar-refractivity contribution in [2.24, 2.45) is 11.7 Å². The Kier molecular flexibility index (Phi) is 5.13. The van der Waals surface area contributed by atoms with Crippen molar-refractivity contribution in [3.63, 3.8) is 0 Å². The fraction of sp³-hybridized carbons (Fsp3) is 0.556. The Hall–Kier alpha value is -2.28. The summed E-state index contributed by atoms with van der Waals surface area (Å²) in [5.74, 6) is 0.994. The molecule has 1 aromatic carbocycles. The zero-order valence-electron chi connectivity index (χ0n) is 14.7. The van der Waals surface area contributed by atoms with Gasteiger partial charge in [-0.2, -0.15) is 0 Å². The summed E-state index contributed by atoms with van der Waals surface area (Å²) in [6, 6.07) is 7.23. The number of rotatable bonds is 5. The van der Waals surface area contributed by atoms with E-state index in [2.05, 4.69) is 0 Å². The number of likely N-dealkylation sites (tertiary alicyclic amines) is 1. The molecule has 0 aliphatic carbocycles. The van der Waals surface area contributed by atoms with Crippen molar-refractivity contribution < 1.29 is 19.1 Å². The number of benzene rings is 1. The Labute approximate surface area is 147 Å². The Morgan fingerprint density at radius 3 is 2.76 bits per heavy atom. The quantitative estimate of drug-likeness (QED) is 0.837. The highest BCUT2D eigenvalue weighted by molar-refractivity contribution is 5.82. The lowest BCUT2D eigenvalue weighted by molar-refractivity contribution is -0.136. The molecule has 3 atom stereocenters. The van der Waals surface area contributed by atoms with Gasteiger partial charge in [-0.1, -0.05) is 12.1 Å². The molecule has 2 aliphatic rings. The minimum Gasteiger partial charge on any atom is -0.486 e. The summed E-state index contributed by atoms with van der Waals surface area (Å²) < 4.78 is 11.6. The maximum absolute atomic E-state index is 12.7. The molecule has 2 aliphatic heterocycles. The van der Waals surface area contributed by atoms with Gasteiger partial charge in [0.1, 0.15) is 6.61 Å². The molecule has 136 valence electrons. The van der Waals surface area contributed by atoms with Gasteiger partial charge in [-0.25, -0.2) is 0 Å². The summed E-state index contributed by atoms with van der Waals surface area (Å²) in [4.78, 5) is 27.7. The highest BCUT2D eigenvalue weighted by atomic mass is 16.6. The summed E-state index contributed by atoms with van der Waals surface area (Å²) in [6.45, 7) is 3.99. The topological polar surface area (TPSA) is 85.1 Å². The molecule has 0 unspecified atom stereocenters. The Morgan fingerprint density at radius 1 is 1.36 bits per heavy atom. The number of ether oxygens (including phenoxy) is 2. The summed E-state index contributed by atoms with van der Waals surface area (Å²) in [6.07, 6.45) is 0.514. The highest BCUT2D eigenvalue weighted by Gasteiger charge is 2.34. The van der Waals surface area contributed by atoms with E-state index in [1.165, 1.54) is 0 Å². The number of carbonyl (C=O) groups excluding carboxylic acids is 2. The molecule has 25 heavy (non-hydrogen) atoms. The lowest BCUT2D eigenvalue weighted by atomic mass is 10.1. The molecular formula is C18H25N3O4.